The maximum Gasteiger partial charge on any atom is 0.455 e. The van der Waals surface area contributed by atoms with Gasteiger partial charge in [-0.25, -0.2) is 0 Å². The molecule has 1 aliphatic carbocycles. The molecule has 0 bridgehead atoms. The van der Waals surface area contributed by atoms with Crippen LogP contribution in [0.15, 0.2) is 16.7 Å². The molecule has 1 aromatic heterocycles. The van der Waals surface area contributed by atoms with Gasteiger partial charge in [0.15, 0.2) is 0 Å². The number of alkyl halides is 3. The van der Waals surface area contributed by atoms with Crippen molar-refractivity contribution in [1.29, 1.82) is 0 Å². The van der Waals surface area contributed by atoms with Gasteiger partial charge in [0, 0.05) is 0 Å². The first-order chi connectivity index (χ1) is 8.39. The molecule has 0 saturated heterocycles. The number of hydrogen-bond donors (Lipinski definition) is 1. The number of halogens is 3. The molecule has 0 fully saturated rings. The highest BCUT2D eigenvalue weighted by molar-refractivity contribution is 5.71. The number of nitrogens with zero attached hydrogens (tertiary/aromatic N) is 2. The number of allylic oxidation sites excluding steroid dienone is 2. The van der Waals surface area contributed by atoms with E-state index in [1.807, 2.05) is 0 Å². The van der Waals surface area contributed by atoms with Gasteiger partial charge in [-0.05, 0) is 12.8 Å². The van der Waals surface area contributed by atoms with Crippen LogP contribution in [0.2, 0.25) is 0 Å². The van der Waals surface area contributed by atoms with E-state index in [4.69, 9.17) is 5.11 Å². The Morgan fingerprint density at radius 2 is 2.06 bits per heavy atom. The van der Waals surface area contributed by atoms with Gasteiger partial charge in [-0.15, -0.1) is 0 Å². The van der Waals surface area contributed by atoms with Crippen molar-refractivity contribution in [2.24, 2.45) is 5.92 Å². The van der Waals surface area contributed by atoms with Crippen molar-refractivity contribution >= 4 is 5.97 Å². The Bertz CT molecular complexity index is 481. The van der Waals surface area contributed by atoms with Crippen LogP contribution in [0.4, 0.5) is 13.2 Å². The monoisotopic (exact) mass is 262 g/mol. The van der Waals surface area contributed by atoms with E-state index in [1.165, 1.54) is 0 Å². The van der Waals surface area contributed by atoms with E-state index in [-0.39, 0.29) is 18.7 Å². The summed E-state index contributed by atoms with van der Waals surface area (Å²) in [4.78, 5) is 14.2. The lowest BCUT2D eigenvalue weighted by Crippen LogP contribution is -2.23. The Morgan fingerprint density at radius 3 is 2.61 bits per heavy atom. The highest BCUT2D eigenvalue weighted by atomic mass is 19.4. The summed E-state index contributed by atoms with van der Waals surface area (Å²) in [7, 11) is 0. The van der Waals surface area contributed by atoms with E-state index in [1.54, 1.807) is 12.2 Å². The lowest BCUT2D eigenvalue weighted by molar-refractivity contribution is -0.146. The summed E-state index contributed by atoms with van der Waals surface area (Å²) in [5.74, 6) is -4.29. The minimum atomic E-state index is -4.69. The zero-order chi connectivity index (χ0) is 13.3. The molecule has 0 amide bonds. The van der Waals surface area contributed by atoms with E-state index in [2.05, 4.69) is 14.7 Å². The van der Waals surface area contributed by atoms with Crippen LogP contribution < -0.4 is 0 Å². The molecule has 8 heteroatoms. The van der Waals surface area contributed by atoms with Crippen LogP contribution in [0.3, 0.4) is 0 Å². The van der Waals surface area contributed by atoms with Crippen LogP contribution in [-0.4, -0.2) is 21.2 Å². The van der Waals surface area contributed by atoms with Gasteiger partial charge in [0.25, 0.3) is 5.82 Å². The summed E-state index contributed by atoms with van der Waals surface area (Å²) < 4.78 is 41.5. The Kier molecular flexibility index (Phi) is 3.10. The molecule has 0 spiro atoms. The maximum atomic E-state index is 12.3. The van der Waals surface area contributed by atoms with Gasteiger partial charge in [-0.3, -0.25) is 4.79 Å². The van der Waals surface area contributed by atoms with Crippen molar-refractivity contribution in [3.05, 3.63) is 23.9 Å². The summed E-state index contributed by atoms with van der Waals surface area (Å²) in [6.45, 7) is 0. The molecule has 1 aliphatic rings. The molecule has 1 aromatic rings. The second-order valence-electron chi connectivity index (χ2n) is 3.95. The third kappa shape index (κ3) is 2.36. The van der Waals surface area contributed by atoms with Gasteiger partial charge in [-0.1, -0.05) is 17.3 Å². The lowest BCUT2D eigenvalue weighted by atomic mass is 9.83. The largest absolute Gasteiger partial charge is 0.481 e. The van der Waals surface area contributed by atoms with Gasteiger partial charge in [0.1, 0.15) is 0 Å². The van der Waals surface area contributed by atoms with Crippen LogP contribution in [0, 0.1) is 5.92 Å². The fraction of sp³-hybridized carbons (Fsp3) is 0.500. The highest BCUT2D eigenvalue weighted by Crippen LogP contribution is 2.35. The second-order valence-corrected chi connectivity index (χ2v) is 3.95. The van der Waals surface area contributed by atoms with Crippen molar-refractivity contribution in [3.8, 4) is 0 Å². The highest BCUT2D eigenvalue weighted by Gasteiger charge is 2.40. The number of hydrogen-bond acceptors (Lipinski definition) is 4. The molecule has 0 aromatic carbocycles. The molecule has 5 nitrogen and oxygen atoms in total. The molecule has 0 saturated carbocycles. The second kappa shape index (κ2) is 4.43. The first kappa shape index (κ1) is 12.6. The lowest BCUT2D eigenvalue weighted by Gasteiger charge is -2.21. The number of carboxylic acids is 1. The van der Waals surface area contributed by atoms with Crippen LogP contribution in [0.25, 0.3) is 0 Å². The number of carboxylic acid groups (broad SMARTS) is 1. The fourth-order valence-corrected chi connectivity index (χ4v) is 1.86. The maximum absolute atomic E-state index is 12.3. The minimum Gasteiger partial charge on any atom is -0.481 e. The molecule has 0 radical (unpaired) electrons. The number of rotatable bonds is 2. The smallest absolute Gasteiger partial charge is 0.455 e. The molecule has 1 N–H and O–H groups in total. The van der Waals surface area contributed by atoms with Crippen molar-refractivity contribution in [3.63, 3.8) is 0 Å². The molecule has 0 unspecified atom stereocenters. The Morgan fingerprint density at radius 1 is 1.39 bits per heavy atom. The number of carbonyl (C=O) groups is 1. The summed E-state index contributed by atoms with van der Waals surface area (Å²) in [5, 5.41) is 11.8. The summed E-state index contributed by atoms with van der Waals surface area (Å²) in [6.07, 6.45) is -0.803. The molecule has 18 heavy (non-hydrogen) atoms. The zero-order valence-electron chi connectivity index (χ0n) is 9.02. The average Bonchev–Trinajstić information content (AvgIpc) is 2.77. The van der Waals surface area contributed by atoms with Crippen molar-refractivity contribution in [2.75, 3.05) is 0 Å². The van der Waals surface area contributed by atoms with E-state index in [9.17, 15) is 18.0 Å². The molecular weight excluding hydrogens is 253 g/mol. The van der Waals surface area contributed by atoms with Crippen molar-refractivity contribution in [1.82, 2.24) is 10.1 Å². The topological polar surface area (TPSA) is 76.2 Å². The van der Waals surface area contributed by atoms with Gasteiger partial charge < -0.3 is 9.63 Å². The molecule has 1 heterocycles. The van der Waals surface area contributed by atoms with E-state index < -0.39 is 29.8 Å². The van der Waals surface area contributed by atoms with Gasteiger partial charge >= 0.3 is 12.1 Å². The average molecular weight is 262 g/mol. The molecular formula is C10H9F3N2O3. The third-order valence-electron chi connectivity index (χ3n) is 2.76. The zero-order valence-corrected chi connectivity index (χ0v) is 9.02. The number of aliphatic carboxylic acids is 1. The van der Waals surface area contributed by atoms with E-state index >= 15 is 0 Å². The quantitative estimate of drug-likeness (QED) is 0.827. The number of aromatic nitrogens is 2. The molecule has 2 rings (SSSR count). The van der Waals surface area contributed by atoms with Crippen LogP contribution in [0.1, 0.15) is 30.5 Å². The fourth-order valence-electron chi connectivity index (χ4n) is 1.86. The Labute approximate surface area is 99.3 Å². The molecule has 0 aliphatic heterocycles. The summed E-state index contributed by atoms with van der Waals surface area (Å²) in [5.41, 5.74) is 0. The van der Waals surface area contributed by atoms with Gasteiger partial charge in [0.2, 0.25) is 5.89 Å². The van der Waals surface area contributed by atoms with Crippen LogP contribution in [-0.2, 0) is 11.0 Å². The SMILES string of the molecule is O=C(O)[C@H]1CC=CC[C@H]1c1nc(C(F)(F)F)no1. The van der Waals surface area contributed by atoms with E-state index in [0.29, 0.717) is 0 Å². The Balaban J connectivity index is 2.27. The third-order valence-corrected chi connectivity index (χ3v) is 2.76. The van der Waals surface area contributed by atoms with Gasteiger partial charge in [0.05, 0.1) is 11.8 Å². The minimum absolute atomic E-state index is 0.240. The van der Waals surface area contributed by atoms with Crippen molar-refractivity contribution < 1.29 is 27.6 Å². The molecule has 98 valence electrons. The summed E-state index contributed by atoms with van der Waals surface area (Å²) >= 11 is 0. The normalized spacial score (nSPS) is 24.2. The standard InChI is InChI=1S/C10H9F3N2O3/c11-10(12,13)9-14-7(18-15-9)5-3-1-2-4-6(5)8(16)17/h1-2,5-6H,3-4H2,(H,16,17)/t5-,6+/m1/s1. The van der Waals surface area contributed by atoms with E-state index in [0.717, 1.165) is 0 Å². The Hall–Kier alpha value is -1.86. The molecule has 2 atom stereocenters. The van der Waals surface area contributed by atoms with Crippen molar-refractivity contribution in [2.45, 2.75) is 24.9 Å². The first-order valence-corrected chi connectivity index (χ1v) is 5.18. The van der Waals surface area contributed by atoms with Crippen LogP contribution in [0.5, 0.6) is 0 Å². The predicted molar refractivity (Wildman–Crippen MR) is 51.5 cm³/mol. The summed E-state index contributed by atoms with van der Waals surface area (Å²) in [6, 6.07) is 0. The predicted octanol–water partition coefficient (Wildman–Crippen LogP) is 2.22. The van der Waals surface area contributed by atoms with Gasteiger partial charge in [-0.2, -0.15) is 18.2 Å². The van der Waals surface area contributed by atoms with Crippen LogP contribution >= 0.6 is 0 Å². The first-order valence-electron chi connectivity index (χ1n) is 5.18.